The Hall–Kier alpha value is -1.38. The number of hydrogen-bond acceptors (Lipinski definition) is 5. The predicted molar refractivity (Wildman–Crippen MR) is 67.1 cm³/mol. The Morgan fingerprint density at radius 2 is 2.22 bits per heavy atom. The number of aromatic nitrogens is 2. The Bertz CT molecular complexity index is 648. The molecule has 2 rings (SSSR count). The topological polar surface area (TPSA) is 91.9 Å². The molecule has 0 aromatic carbocycles. The van der Waals surface area contributed by atoms with E-state index in [0.717, 1.165) is 11.3 Å². The molecule has 0 bridgehead atoms. The van der Waals surface area contributed by atoms with Crippen LogP contribution in [-0.2, 0) is 15.6 Å². The largest absolute Gasteiger partial charge is 0.346 e. The van der Waals surface area contributed by atoms with Gasteiger partial charge in [0.25, 0.3) is 15.0 Å². The van der Waals surface area contributed by atoms with Gasteiger partial charge in [-0.25, -0.2) is 8.42 Å². The van der Waals surface area contributed by atoms with Crippen molar-refractivity contribution in [1.29, 1.82) is 0 Å². The van der Waals surface area contributed by atoms with Gasteiger partial charge in [0, 0.05) is 21.8 Å². The molecule has 0 fully saturated rings. The average Bonchev–Trinajstić information content (AvgIpc) is 2.96. The summed E-state index contributed by atoms with van der Waals surface area (Å²) in [7, 11) is 1.50. The summed E-state index contributed by atoms with van der Waals surface area (Å²) in [6.45, 7) is 0.231. The molecule has 2 heterocycles. The third-order valence-corrected chi connectivity index (χ3v) is 5.22. The normalized spacial score (nSPS) is 11.4. The van der Waals surface area contributed by atoms with Crippen LogP contribution in [0.3, 0.4) is 0 Å². The molecule has 2 aromatic rings. The molecule has 0 aliphatic rings. The van der Waals surface area contributed by atoms with Crippen LogP contribution in [0.25, 0.3) is 0 Å². The molecule has 0 radical (unpaired) electrons. The van der Waals surface area contributed by atoms with E-state index in [1.54, 1.807) is 12.1 Å². The van der Waals surface area contributed by atoms with Crippen molar-refractivity contribution in [2.24, 2.45) is 0 Å². The third-order valence-electron chi connectivity index (χ3n) is 2.05. The summed E-state index contributed by atoms with van der Waals surface area (Å²) in [5.41, 5.74) is 0.344. The first-order chi connectivity index (χ1) is 8.47. The highest BCUT2D eigenvalue weighted by Crippen LogP contribution is 2.24. The van der Waals surface area contributed by atoms with Gasteiger partial charge in [-0.2, -0.15) is 5.10 Å². The monoisotopic (exact) mass is 305 g/mol. The number of amides is 1. The highest BCUT2D eigenvalue weighted by atomic mass is 35.7. The zero-order valence-corrected chi connectivity index (χ0v) is 11.3. The molecule has 96 valence electrons. The number of carbonyl (C=O) groups excluding carboxylic acids is 1. The summed E-state index contributed by atoms with van der Waals surface area (Å²) in [5, 5.41) is 8.81. The van der Waals surface area contributed by atoms with E-state index >= 15 is 0 Å². The Kier molecular flexibility index (Phi) is 3.69. The average molecular weight is 306 g/mol. The lowest BCUT2D eigenvalue weighted by Gasteiger charge is -2.00. The fourth-order valence-corrected chi connectivity index (χ4v) is 3.29. The number of halogens is 1. The Morgan fingerprint density at radius 3 is 2.78 bits per heavy atom. The molecule has 2 N–H and O–H groups in total. The number of aromatic amines is 1. The lowest BCUT2D eigenvalue weighted by Crippen LogP contribution is -2.22. The van der Waals surface area contributed by atoms with Gasteiger partial charge >= 0.3 is 0 Å². The van der Waals surface area contributed by atoms with E-state index in [1.807, 2.05) is 0 Å². The Balaban J connectivity index is 1.99. The number of H-pyrrole nitrogens is 1. The molecule has 0 aliphatic carbocycles. The zero-order valence-electron chi connectivity index (χ0n) is 8.88. The third kappa shape index (κ3) is 3.09. The number of thiophene rings is 1. The van der Waals surface area contributed by atoms with E-state index in [2.05, 4.69) is 15.5 Å². The predicted octanol–water partition coefficient (Wildman–Crippen LogP) is 1.33. The van der Waals surface area contributed by atoms with Crippen molar-refractivity contribution in [3.8, 4) is 0 Å². The van der Waals surface area contributed by atoms with Gasteiger partial charge in [0.15, 0.2) is 0 Å². The lowest BCUT2D eigenvalue weighted by atomic mass is 10.4. The number of rotatable bonds is 4. The van der Waals surface area contributed by atoms with Crippen molar-refractivity contribution >= 4 is 37.0 Å². The molecule has 0 aliphatic heterocycles. The quantitative estimate of drug-likeness (QED) is 0.834. The molecule has 0 saturated carbocycles. The molecule has 9 heteroatoms. The first-order valence-electron chi connectivity index (χ1n) is 4.78. The molecular formula is C9H8ClN3O3S2. The van der Waals surface area contributed by atoms with E-state index in [-0.39, 0.29) is 16.7 Å². The lowest BCUT2D eigenvalue weighted by molar-refractivity contribution is 0.0946. The van der Waals surface area contributed by atoms with Crippen LogP contribution < -0.4 is 5.32 Å². The maximum absolute atomic E-state index is 11.6. The summed E-state index contributed by atoms with van der Waals surface area (Å²) in [6.07, 6.45) is 1.47. The smallest absolute Gasteiger partial charge is 0.270 e. The van der Waals surface area contributed by atoms with Crippen LogP contribution in [-0.4, -0.2) is 24.5 Å². The van der Waals surface area contributed by atoms with Crippen molar-refractivity contribution in [2.75, 3.05) is 0 Å². The standard InChI is InChI=1S/C9H8ClN3O3S2/c10-18(15,16)8-2-1-6(17-8)5-11-9(14)7-3-4-12-13-7/h1-4H,5H2,(H,11,14)(H,12,13). The summed E-state index contributed by atoms with van der Waals surface area (Å²) in [4.78, 5) is 12.3. The summed E-state index contributed by atoms with van der Waals surface area (Å²) in [6, 6.07) is 4.55. The fourth-order valence-electron chi connectivity index (χ4n) is 1.23. The number of hydrogen-bond donors (Lipinski definition) is 2. The SMILES string of the molecule is O=C(NCc1ccc(S(=O)(=O)Cl)s1)c1ccn[nH]1. The van der Waals surface area contributed by atoms with Crippen LogP contribution in [0.15, 0.2) is 28.6 Å². The second-order valence-electron chi connectivity index (χ2n) is 3.31. The molecule has 0 saturated heterocycles. The Labute approximate surface area is 111 Å². The van der Waals surface area contributed by atoms with Crippen LogP contribution in [0.4, 0.5) is 0 Å². The van der Waals surface area contributed by atoms with Crippen molar-refractivity contribution < 1.29 is 13.2 Å². The van der Waals surface area contributed by atoms with Crippen LogP contribution >= 0.6 is 22.0 Å². The minimum atomic E-state index is -3.70. The summed E-state index contributed by atoms with van der Waals surface area (Å²) < 4.78 is 22.2. The maximum Gasteiger partial charge on any atom is 0.270 e. The molecule has 0 unspecified atom stereocenters. The molecule has 1 amide bonds. The molecule has 0 atom stereocenters. The van der Waals surface area contributed by atoms with Gasteiger partial charge in [0.2, 0.25) is 0 Å². The minimum absolute atomic E-state index is 0.0648. The summed E-state index contributed by atoms with van der Waals surface area (Å²) >= 11 is 1.02. The van der Waals surface area contributed by atoms with Crippen LogP contribution in [0.5, 0.6) is 0 Å². The maximum atomic E-state index is 11.6. The number of nitrogens with zero attached hydrogens (tertiary/aromatic N) is 1. The highest BCUT2D eigenvalue weighted by Gasteiger charge is 2.13. The van der Waals surface area contributed by atoms with Crippen molar-refractivity contribution in [1.82, 2.24) is 15.5 Å². The molecule has 18 heavy (non-hydrogen) atoms. The van der Waals surface area contributed by atoms with Crippen LogP contribution in [0.2, 0.25) is 0 Å². The van der Waals surface area contributed by atoms with Gasteiger partial charge in [0.1, 0.15) is 9.90 Å². The zero-order chi connectivity index (χ0) is 13.2. The second-order valence-corrected chi connectivity index (χ2v) is 7.27. The van der Waals surface area contributed by atoms with Crippen molar-refractivity contribution in [2.45, 2.75) is 10.8 Å². The first-order valence-corrected chi connectivity index (χ1v) is 7.90. The number of carbonyl (C=O) groups is 1. The number of nitrogens with one attached hydrogen (secondary N) is 2. The molecule has 2 aromatic heterocycles. The van der Waals surface area contributed by atoms with E-state index in [0.29, 0.717) is 10.6 Å². The van der Waals surface area contributed by atoms with Gasteiger partial charge in [-0.1, -0.05) is 0 Å². The van der Waals surface area contributed by atoms with Crippen LogP contribution in [0, 0.1) is 0 Å². The molecule has 0 spiro atoms. The summed E-state index contributed by atoms with van der Waals surface area (Å²) in [5.74, 6) is -0.309. The minimum Gasteiger partial charge on any atom is -0.346 e. The van der Waals surface area contributed by atoms with Gasteiger partial charge in [-0.3, -0.25) is 9.89 Å². The molecular weight excluding hydrogens is 298 g/mol. The first kappa shape index (κ1) is 13.1. The second kappa shape index (κ2) is 5.09. The van der Waals surface area contributed by atoms with E-state index in [4.69, 9.17) is 10.7 Å². The van der Waals surface area contributed by atoms with Crippen molar-refractivity contribution in [3.05, 3.63) is 35.0 Å². The van der Waals surface area contributed by atoms with Crippen LogP contribution in [0.1, 0.15) is 15.4 Å². The van der Waals surface area contributed by atoms with Gasteiger partial charge in [-0.15, -0.1) is 11.3 Å². The van der Waals surface area contributed by atoms with Crippen molar-refractivity contribution in [3.63, 3.8) is 0 Å². The van der Waals surface area contributed by atoms with Gasteiger partial charge < -0.3 is 5.32 Å². The van der Waals surface area contributed by atoms with Gasteiger partial charge in [0.05, 0.1) is 6.54 Å². The Morgan fingerprint density at radius 1 is 1.44 bits per heavy atom. The highest BCUT2D eigenvalue weighted by molar-refractivity contribution is 8.15. The fraction of sp³-hybridized carbons (Fsp3) is 0.111. The molecule has 6 nitrogen and oxygen atoms in total. The van der Waals surface area contributed by atoms with E-state index in [9.17, 15) is 13.2 Å². The van der Waals surface area contributed by atoms with Gasteiger partial charge in [-0.05, 0) is 18.2 Å². The van der Waals surface area contributed by atoms with E-state index < -0.39 is 9.05 Å². The van der Waals surface area contributed by atoms with E-state index in [1.165, 1.54) is 12.3 Å².